The number of rotatable bonds is 4. The summed E-state index contributed by atoms with van der Waals surface area (Å²) in [4.78, 5) is 25.7. The van der Waals surface area contributed by atoms with E-state index < -0.39 is 6.04 Å². The quantitative estimate of drug-likeness (QED) is 0.788. The van der Waals surface area contributed by atoms with Crippen LogP contribution in [0.1, 0.15) is 26.2 Å². The van der Waals surface area contributed by atoms with E-state index in [9.17, 15) is 9.59 Å². The third-order valence-electron chi connectivity index (χ3n) is 4.30. The number of methoxy groups -OCH3 is 1. The van der Waals surface area contributed by atoms with Gasteiger partial charge in [0.25, 0.3) is 0 Å². The molecule has 1 aliphatic heterocycles. The molecule has 4 atom stereocenters. The number of primary amides is 1. The summed E-state index contributed by atoms with van der Waals surface area (Å²) in [6.07, 6.45) is 3.27. The van der Waals surface area contributed by atoms with Crippen molar-refractivity contribution in [1.82, 2.24) is 4.90 Å². The van der Waals surface area contributed by atoms with Crippen LogP contribution in [0.5, 0.6) is 0 Å². The molecular weight excluding hydrogens is 232 g/mol. The summed E-state index contributed by atoms with van der Waals surface area (Å²) in [5.41, 5.74) is 5.49. The highest BCUT2D eigenvalue weighted by molar-refractivity contribution is 5.88. The van der Waals surface area contributed by atoms with Gasteiger partial charge in [0.2, 0.25) is 11.8 Å². The molecule has 2 amide bonds. The van der Waals surface area contributed by atoms with E-state index in [2.05, 4.69) is 0 Å². The van der Waals surface area contributed by atoms with Crippen molar-refractivity contribution < 1.29 is 14.3 Å². The Morgan fingerprint density at radius 3 is 2.78 bits per heavy atom. The van der Waals surface area contributed by atoms with Crippen LogP contribution < -0.4 is 5.73 Å². The number of ether oxygens (including phenoxy) is 1. The minimum absolute atomic E-state index is 0.00458. The summed E-state index contributed by atoms with van der Waals surface area (Å²) in [7, 11) is 1.58. The van der Waals surface area contributed by atoms with Crippen molar-refractivity contribution in [3.63, 3.8) is 0 Å². The van der Waals surface area contributed by atoms with Gasteiger partial charge < -0.3 is 15.4 Å². The third kappa shape index (κ3) is 2.23. The number of amides is 2. The van der Waals surface area contributed by atoms with Gasteiger partial charge in [-0.2, -0.15) is 0 Å². The predicted molar refractivity (Wildman–Crippen MR) is 66.6 cm³/mol. The van der Waals surface area contributed by atoms with Crippen LogP contribution >= 0.6 is 0 Å². The fourth-order valence-corrected chi connectivity index (χ4v) is 3.50. The Hall–Kier alpha value is -1.10. The Morgan fingerprint density at radius 1 is 1.44 bits per heavy atom. The van der Waals surface area contributed by atoms with E-state index in [0.29, 0.717) is 19.1 Å². The standard InChI is InChI=1S/C13H22N2O3/c1-8(7-18-2)13(17)15-6-9-4-3-5-10(9)11(15)12(14)16/h8-11H,3-7H2,1-2H3,(H2,14,16). The van der Waals surface area contributed by atoms with Crippen molar-refractivity contribution in [2.75, 3.05) is 20.3 Å². The van der Waals surface area contributed by atoms with Gasteiger partial charge in [-0.15, -0.1) is 0 Å². The lowest BCUT2D eigenvalue weighted by Crippen LogP contribution is -2.48. The van der Waals surface area contributed by atoms with E-state index in [1.807, 2.05) is 6.92 Å². The van der Waals surface area contributed by atoms with Crippen molar-refractivity contribution in [2.45, 2.75) is 32.2 Å². The number of nitrogens with two attached hydrogens (primary N) is 1. The maximum atomic E-state index is 12.3. The van der Waals surface area contributed by atoms with E-state index >= 15 is 0 Å². The molecule has 18 heavy (non-hydrogen) atoms. The summed E-state index contributed by atoms with van der Waals surface area (Å²) in [6, 6.07) is -0.399. The second kappa shape index (κ2) is 5.26. The van der Waals surface area contributed by atoms with E-state index in [1.54, 1.807) is 12.0 Å². The van der Waals surface area contributed by atoms with Gasteiger partial charge >= 0.3 is 0 Å². The summed E-state index contributed by atoms with van der Waals surface area (Å²) in [5.74, 6) is 0.162. The van der Waals surface area contributed by atoms with Crippen molar-refractivity contribution in [3.8, 4) is 0 Å². The van der Waals surface area contributed by atoms with Crippen LogP contribution in [0.2, 0.25) is 0 Å². The number of nitrogens with zero attached hydrogens (tertiary/aromatic N) is 1. The number of fused-ring (bicyclic) bond motifs is 1. The van der Waals surface area contributed by atoms with Gasteiger partial charge in [-0.25, -0.2) is 0 Å². The molecule has 0 aromatic rings. The first-order valence-electron chi connectivity index (χ1n) is 6.65. The number of hydrogen-bond donors (Lipinski definition) is 1. The zero-order valence-corrected chi connectivity index (χ0v) is 11.1. The van der Waals surface area contributed by atoms with Crippen LogP contribution in [0.15, 0.2) is 0 Å². The molecule has 0 spiro atoms. The molecule has 2 aliphatic rings. The average molecular weight is 254 g/mol. The Balaban J connectivity index is 2.12. The smallest absolute Gasteiger partial charge is 0.240 e. The normalized spacial score (nSPS) is 32.3. The number of carbonyl (C=O) groups is 2. The largest absolute Gasteiger partial charge is 0.384 e. The van der Waals surface area contributed by atoms with Crippen LogP contribution in [0.3, 0.4) is 0 Å². The molecular formula is C13H22N2O3. The molecule has 1 aliphatic carbocycles. The van der Waals surface area contributed by atoms with Gasteiger partial charge in [0.15, 0.2) is 0 Å². The molecule has 0 aromatic carbocycles. The van der Waals surface area contributed by atoms with Crippen LogP contribution in [-0.2, 0) is 14.3 Å². The molecule has 2 fully saturated rings. The Bertz CT molecular complexity index is 345. The lowest BCUT2D eigenvalue weighted by molar-refractivity contribution is -0.142. The van der Waals surface area contributed by atoms with Gasteiger partial charge in [0.05, 0.1) is 12.5 Å². The number of carbonyl (C=O) groups excluding carboxylic acids is 2. The van der Waals surface area contributed by atoms with Gasteiger partial charge in [-0.05, 0) is 24.7 Å². The molecule has 0 bridgehead atoms. The van der Waals surface area contributed by atoms with E-state index in [1.165, 1.54) is 0 Å². The topological polar surface area (TPSA) is 72.6 Å². The Kier molecular flexibility index (Phi) is 3.90. The van der Waals surface area contributed by atoms with Crippen molar-refractivity contribution in [3.05, 3.63) is 0 Å². The monoisotopic (exact) mass is 254 g/mol. The molecule has 5 nitrogen and oxygen atoms in total. The lowest BCUT2D eigenvalue weighted by atomic mass is 9.93. The highest BCUT2D eigenvalue weighted by atomic mass is 16.5. The summed E-state index contributed by atoms with van der Waals surface area (Å²) < 4.78 is 5.01. The average Bonchev–Trinajstić information content (AvgIpc) is 2.86. The molecule has 1 saturated carbocycles. The van der Waals surface area contributed by atoms with Crippen molar-refractivity contribution >= 4 is 11.8 Å². The molecule has 0 aromatic heterocycles. The summed E-state index contributed by atoms with van der Waals surface area (Å²) in [5, 5.41) is 0. The molecule has 5 heteroatoms. The lowest BCUT2D eigenvalue weighted by Gasteiger charge is -2.27. The van der Waals surface area contributed by atoms with E-state index in [4.69, 9.17) is 10.5 Å². The fourth-order valence-electron chi connectivity index (χ4n) is 3.50. The second-order valence-corrected chi connectivity index (χ2v) is 5.55. The van der Waals surface area contributed by atoms with Crippen LogP contribution in [0.4, 0.5) is 0 Å². The van der Waals surface area contributed by atoms with E-state index in [-0.39, 0.29) is 23.7 Å². The van der Waals surface area contributed by atoms with Crippen molar-refractivity contribution in [2.24, 2.45) is 23.5 Å². The molecule has 0 radical (unpaired) electrons. The summed E-state index contributed by atoms with van der Waals surface area (Å²) in [6.45, 7) is 2.90. The van der Waals surface area contributed by atoms with E-state index in [0.717, 1.165) is 19.3 Å². The highest BCUT2D eigenvalue weighted by Gasteiger charge is 2.49. The van der Waals surface area contributed by atoms with Gasteiger partial charge in [0, 0.05) is 13.7 Å². The van der Waals surface area contributed by atoms with Crippen LogP contribution in [0, 0.1) is 17.8 Å². The van der Waals surface area contributed by atoms with Crippen LogP contribution in [-0.4, -0.2) is 43.0 Å². The van der Waals surface area contributed by atoms with Gasteiger partial charge in [-0.3, -0.25) is 9.59 Å². The molecule has 102 valence electrons. The predicted octanol–water partition coefficient (Wildman–Crippen LogP) is 0.381. The maximum Gasteiger partial charge on any atom is 0.240 e. The van der Waals surface area contributed by atoms with Crippen molar-refractivity contribution in [1.29, 1.82) is 0 Å². The molecule has 2 N–H and O–H groups in total. The first-order chi connectivity index (χ1) is 8.56. The zero-order valence-electron chi connectivity index (χ0n) is 11.1. The minimum atomic E-state index is -0.399. The molecule has 2 rings (SSSR count). The molecule has 1 heterocycles. The molecule has 4 unspecified atom stereocenters. The Morgan fingerprint density at radius 2 is 2.17 bits per heavy atom. The minimum Gasteiger partial charge on any atom is -0.384 e. The first-order valence-corrected chi connectivity index (χ1v) is 6.65. The third-order valence-corrected chi connectivity index (χ3v) is 4.30. The SMILES string of the molecule is COCC(C)C(=O)N1CC2CCCC2C1C(N)=O. The van der Waals surface area contributed by atoms with Crippen LogP contribution in [0.25, 0.3) is 0 Å². The number of likely N-dealkylation sites (tertiary alicyclic amines) is 1. The summed E-state index contributed by atoms with van der Waals surface area (Å²) >= 11 is 0. The van der Waals surface area contributed by atoms with Gasteiger partial charge in [0.1, 0.15) is 6.04 Å². The maximum absolute atomic E-state index is 12.3. The fraction of sp³-hybridized carbons (Fsp3) is 0.846. The second-order valence-electron chi connectivity index (χ2n) is 5.55. The van der Waals surface area contributed by atoms with Gasteiger partial charge in [-0.1, -0.05) is 13.3 Å². The zero-order chi connectivity index (χ0) is 13.3. The highest BCUT2D eigenvalue weighted by Crippen LogP contribution is 2.42. The molecule has 1 saturated heterocycles. The Labute approximate surface area is 108 Å². The number of hydrogen-bond acceptors (Lipinski definition) is 3. The first kappa shape index (κ1) is 13.3.